The van der Waals surface area contributed by atoms with Crippen LogP contribution < -0.4 is 11.1 Å². The molecule has 20 heavy (non-hydrogen) atoms. The van der Waals surface area contributed by atoms with Crippen LogP contribution in [-0.4, -0.2) is 17.4 Å². The molecule has 0 fully saturated rings. The average Bonchev–Trinajstić information content (AvgIpc) is 2.39. The van der Waals surface area contributed by atoms with E-state index in [2.05, 4.69) is 31.1 Å². The van der Waals surface area contributed by atoms with Crippen LogP contribution in [0.4, 0.5) is 10.2 Å². The van der Waals surface area contributed by atoms with Crippen LogP contribution in [0, 0.1) is 11.2 Å². The van der Waals surface area contributed by atoms with Crippen molar-refractivity contribution in [3.63, 3.8) is 0 Å². The first-order valence-electron chi connectivity index (χ1n) is 7.05. The summed E-state index contributed by atoms with van der Waals surface area (Å²) in [7, 11) is 0. The van der Waals surface area contributed by atoms with Gasteiger partial charge in [0.15, 0.2) is 11.6 Å². The normalized spacial score (nSPS) is 11.4. The van der Waals surface area contributed by atoms with E-state index < -0.39 is 11.7 Å². The molecule has 0 saturated heterocycles. The Kier molecular flexibility index (Phi) is 5.92. The SMILES string of the molecule is CCCCCC(C)(C)CNC(=O)c1ccnc(N)c1F. The van der Waals surface area contributed by atoms with Crippen molar-refractivity contribution in [2.75, 3.05) is 12.3 Å². The lowest BCUT2D eigenvalue weighted by Gasteiger charge is -2.25. The fourth-order valence-corrected chi connectivity index (χ4v) is 1.99. The topological polar surface area (TPSA) is 68.0 Å². The molecule has 1 aromatic rings. The number of rotatable bonds is 7. The summed E-state index contributed by atoms with van der Waals surface area (Å²) in [6.45, 7) is 6.86. The van der Waals surface area contributed by atoms with Crippen molar-refractivity contribution in [2.24, 2.45) is 5.41 Å². The summed E-state index contributed by atoms with van der Waals surface area (Å²) in [5.41, 5.74) is 5.30. The average molecular weight is 281 g/mol. The number of pyridine rings is 1. The molecule has 0 spiro atoms. The Bertz CT molecular complexity index is 460. The summed E-state index contributed by atoms with van der Waals surface area (Å²) in [6, 6.07) is 1.34. The molecule has 1 amide bonds. The number of hydrogen-bond donors (Lipinski definition) is 2. The summed E-state index contributed by atoms with van der Waals surface area (Å²) in [6.07, 6.45) is 5.86. The highest BCUT2D eigenvalue weighted by molar-refractivity contribution is 5.95. The lowest BCUT2D eigenvalue weighted by molar-refractivity contribution is 0.0930. The van der Waals surface area contributed by atoms with Crippen molar-refractivity contribution >= 4 is 11.7 Å². The van der Waals surface area contributed by atoms with Gasteiger partial charge in [-0.25, -0.2) is 9.37 Å². The number of amides is 1. The van der Waals surface area contributed by atoms with Crippen molar-refractivity contribution in [1.82, 2.24) is 10.3 Å². The Balaban J connectivity index is 2.56. The lowest BCUT2D eigenvalue weighted by Crippen LogP contribution is -2.34. The van der Waals surface area contributed by atoms with E-state index in [1.165, 1.54) is 25.1 Å². The standard InChI is InChI=1S/C15H24FN3O/c1-4-5-6-8-15(2,3)10-19-14(20)11-7-9-18-13(17)12(11)16/h7,9H,4-6,8,10H2,1-3H3,(H2,17,18)(H,19,20). The van der Waals surface area contributed by atoms with Gasteiger partial charge in [-0.1, -0.05) is 40.0 Å². The smallest absolute Gasteiger partial charge is 0.254 e. The van der Waals surface area contributed by atoms with Gasteiger partial charge in [0.25, 0.3) is 5.91 Å². The highest BCUT2D eigenvalue weighted by atomic mass is 19.1. The van der Waals surface area contributed by atoms with Gasteiger partial charge < -0.3 is 11.1 Å². The number of nitrogens with zero attached hydrogens (tertiary/aromatic N) is 1. The predicted octanol–water partition coefficient (Wildman–Crippen LogP) is 3.14. The summed E-state index contributed by atoms with van der Waals surface area (Å²) < 4.78 is 13.7. The molecule has 0 aliphatic rings. The van der Waals surface area contributed by atoms with Crippen molar-refractivity contribution in [3.05, 3.63) is 23.6 Å². The van der Waals surface area contributed by atoms with Crippen LogP contribution in [0.5, 0.6) is 0 Å². The molecule has 112 valence electrons. The molecule has 1 aromatic heterocycles. The van der Waals surface area contributed by atoms with Crippen LogP contribution in [0.3, 0.4) is 0 Å². The number of nitrogen functional groups attached to an aromatic ring is 1. The van der Waals surface area contributed by atoms with Gasteiger partial charge in [-0.05, 0) is 17.9 Å². The lowest BCUT2D eigenvalue weighted by atomic mass is 9.87. The molecule has 3 N–H and O–H groups in total. The summed E-state index contributed by atoms with van der Waals surface area (Å²) in [5, 5.41) is 2.77. The monoisotopic (exact) mass is 281 g/mol. The van der Waals surface area contributed by atoms with E-state index in [1.54, 1.807) is 0 Å². The molecule has 0 aliphatic heterocycles. The zero-order valence-corrected chi connectivity index (χ0v) is 12.5. The van der Waals surface area contributed by atoms with E-state index in [1.807, 2.05) is 0 Å². The van der Waals surface area contributed by atoms with Gasteiger partial charge in [0.05, 0.1) is 5.56 Å². The number of carbonyl (C=O) groups excluding carboxylic acids is 1. The summed E-state index contributed by atoms with van der Waals surface area (Å²) >= 11 is 0. The number of carbonyl (C=O) groups is 1. The molecule has 1 rings (SSSR count). The number of nitrogens with two attached hydrogens (primary N) is 1. The van der Waals surface area contributed by atoms with Gasteiger partial charge in [0.2, 0.25) is 0 Å². The molecule has 4 nitrogen and oxygen atoms in total. The first-order chi connectivity index (χ1) is 9.37. The second-order valence-electron chi connectivity index (χ2n) is 5.86. The Morgan fingerprint density at radius 3 is 2.80 bits per heavy atom. The minimum atomic E-state index is -0.756. The second-order valence-corrected chi connectivity index (χ2v) is 5.86. The molecule has 5 heteroatoms. The van der Waals surface area contributed by atoms with Gasteiger partial charge >= 0.3 is 0 Å². The Morgan fingerprint density at radius 2 is 2.15 bits per heavy atom. The highest BCUT2D eigenvalue weighted by Crippen LogP contribution is 2.23. The summed E-state index contributed by atoms with van der Waals surface area (Å²) in [5.74, 6) is -1.45. The maximum absolute atomic E-state index is 13.7. The van der Waals surface area contributed by atoms with E-state index in [0.717, 1.165) is 12.8 Å². The number of anilines is 1. The van der Waals surface area contributed by atoms with E-state index in [-0.39, 0.29) is 16.8 Å². The third-order valence-corrected chi connectivity index (χ3v) is 3.35. The van der Waals surface area contributed by atoms with Gasteiger partial charge in [0, 0.05) is 12.7 Å². The van der Waals surface area contributed by atoms with Crippen LogP contribution >= 0.6 is 0 Å². The van der Waals surface area contributed by atoms with Crippen LogP contribution in [0.1, 0.15) is 56.8 Å². The van der Waals surface area contributed by atoms with E-state index in [0.29, 0.717) is 6.54 Å². The zero-order valence-electron chi connectivity index (χ0n) is 12.5. The minimum Gasteiger partial charge on any atom is -0.381 e. The van der Waals surface area contributed by atoms with Crippen molar-refractivity contribution in [1.29, 1.82) is 0 Å². The van der Waals surface area contributed by atoms with E-state index in [4.69, 9.17) is 5.73 Å². The molecule has 1 heterocycles. The molecular weight excluding hydrogens is 257 g/mol. The summed E-state index contributed by atoms with van der Waals surface area (Å²) in [4.78, 5) is 15.6. The van der Waals surface area contributed by atoms with Gasteiger partial charge in [-0.2, -0.15) is 0 Å². The molecule has 0 atom stereocenters. The molecule has 0 aliphatic carbocycles. The molecule has 0 aromatic carbocycles. The largest absolute Gasteiger partial charge is 0.381 e. The van der Waals surface area contributed by atoms with E-state index in [9.17, 15) is 9.18 Å². The van der Waals surface area contributed by atoms with Crippen LogP contribution in [-0.2, 0) is 0 Å². The minimum absolute atomic E-state index is 0.000118. The Labute approximate surface area is 120 Å². The van der Waals surface area contributed by atoms with Gasteiger partial charge in [-0.3, -0.25) is 4.79 Å². The maximum atomic E-state index is 13.7. The number of aromatic nitrogens is 1. The Morgan fingerprint density at radius 1 is 1.45 bits per heavy atom. The van der Waals surface area contributed by atoms with Crippen LogP contribution in [0.15, 0.2) is 12.3 Å². The van der Waals surface area contributed by atoms with Gasteiger partial charge in [0.1, 0.15) is 0 Å². The van der Waals surface area contributed by atoms with Crippen molar-refractivity contribution < 1.29 is 9.18 Å². The number of hydrogen-bond acceptors (Lipinski definition) is 3. The number of unbranched alkanes of at least 4 members (excludes halogenated alkanes) is 2. The molecular formula is C15H24FN3O. The fraction of sp³-hybridized carbons (Fsp3) is 0.600. The number of nitrogens with one attached hydrogen (secondary N) is 1. The number of halogens is 1. The fourth-order valence-electron chi connectivity index (χ4n) is 1.99. The van der Waals surface area contributed by atoms with Crippen molar-refractivity contribution in [3.8, 4) is 0 Å². The molecule has 0 bridgehead atoms. The van der Waals surface area contributed by atoms with Gasteiger partial charge in [-0.15, -0.1) is 0 Å². The third-order valence-electron chi connectivity index (χ3n) is 3.35. The zero-order chi connectivity index (χ0) is 15.2. The van der Waals surface area contributed by atoms with Crippen LogP contribution in [0.25, 0.3) is 0 Å². The Hall–Kier alpha value is -1.65. The van der Waals surface area contributed by atoms with E-state index >= 15 is 0 Å². The van der Waals surface area contributed by atoms with Crippen molar-refractivity contribution in [2.45, 2.75) is 46.5 Å². The molecule has 0 saturated carbocycles. The highest BCUT2D eigenvalue weighted by Gasteiger charge is 2.20. The van der Waals surface area contributed by atoms with Crippen LogP contribution in [0.2, 0.25) is 0 Å². The maximum Gasteiger partial charge on any atom is 0.254 e. The quantitative estimate of drug-likeness (QED) is 0.754. The second kappa shape index (κ2) is 7.22. The first-order valence-corrected chi connectivity index (χ1v) is 7.05. The predicted molar refractivity (Wildman–Crippen MR) is 78.9 cm³/mol. The molecule has 0 radical (unpaired) electrons. The first kappa shape index (κ1) is 16.4. The molecule has 0 unspecified atom stereocenters. The third kappa shape index (κ3) is 4.79.